The quantitative estimate of drug-likeness (QED) is 0.480. The minimum Gasteiger partial charge on any atom is -0.273 e. The summed E-state index contributed by atoms with van der Waals surface area (Å²) in [6.07, 6.45) is 0. The zero-order chi connectivity index (χ0) is 19.0. The van der Waals surface area contributed by atoms with Gasteiger partial charge in [0.15, 0.2) is 0 Å². The Labute approximate surface area is 165 Å². The predicted octanol–water partition coefficient (Wildman–Crippen LogP) is 5.40. The molecule has 1 heterocycles. The molecule has 0 spiro atoms. The van der Waals surface area contributed by atoms with Crippen LogP contribution in [0.4, 0.5) is 5.00 Å². The van der Waals surface area contributed by atoms with Gasteiger partial charge < -0.3 is 0 Å². The van der Waals surface area contributed by atoms with E-state index >= 15 is 0 Å². The second-order valence-electron chi connectivity index (χ2n) is 8.15. The minimum absolute atomic E-state index is 0.721. The third-order valence-corrected chi connectivity index (χ3v) is 11.4. The fourth-order valence-electron chi connectivity index (χ4n) is 2.10. The summed E-state index contributed by atoms with van der Waals surface area (Å²) in [6, 6.07) is 10.4. The van der Waals surface area contributed by atoms with Crippen LogP contribution in [0.5, 0.6) is 0 Å². The predicted molar refractivity (Wildman–Crippen MR) is 118 cm³/mol. The van der Waals surface area contributed by atoms with Gasteiger partial charge in [-0.25, -0.2) is 8.42 Å². The number of rotatable bonds is 5. The van der Waals surface area contributed by atoms with Crippen LogP contribution in [0, 0.1) is 0 Å². The van der Waals surface area contributed by atoms with E-state index in [4.69, 9.17) is 0 Å². The summed E-state index contributed by atoms with van der Waals surface area (Å²) >= 11 is 5.04. The fraction of sp³-hybridized carbons (Fsp3) is 0.444. The molecule has 138 valence electrons. The zero-order valence-corrected chi connectivity index (χ0v) is 19.8. The maximum absolute atomic E-state index is 12.7. The van der Waals surface area contributed by atoms with Crippen molar-refractivity contribution in [3.8, 4) is 11.1 Å². The Bertz CT molecular complexity index is 845. The molecule has 1 aromatic heterocycles. The molecule has 7 heteroatoms. The lowest BCUT2D eigenvalue weighted by molar-refractivity contribution is 0.566. The van der Waals surface area contributed by atoms with Crippen molar-refractivity contribution in [3.63, 3.8) is 0 Å². The molecule has 2 aromatic rings. The van der Waals surface area contributed by atoms with E-state index in [9.17, 15) is 8.42 Å². The summed E-state index contributed by atoms with van der Waals surface area (Å²) in [7, 11) is -5.00. The number of sulfonamides is 1. The molecule has 0 fully saturated rings. The van der Waals surface area contributed by atoms with Crippen molar-refractivity contribution in [1.29, 1.82) is 0 Å². The van der Waals surface area contributed by atoms with Crippen molar-refractivity contribution in [3.05, 3.63) is 35.9 Å². The van der Waals surface area contributed by atoms with Crippen LogP contribution in [0.3, 0.4) is 0 Å². The van der Waals surface area contributed by atoms with Crippen LogP contribution in [0.2, 0.25) is 19.6 Å². The SMILES string of the molecule is CC(C)(C)S(=O)(=O)Nc1sc([Si](C)(C)C)cc1-c1ccc(CBr)cc1. The lowest BCUT2D eigenvalue weighted by atomic mass is 10.1. The number of hydrogen-bond donors (Lipinski definition) is 1. The summed E-state index contributed by atoms with van der Waals surface area (Å²) in [5.41, 5.74) is 3.20. The Hall–Kier alpha value is -0.633. The number of benzene rings is 1. The highest BCUT2D eigenvalue weighted by Gasteiger charge is 2.31. The number of halogens is 1. The highest BCUT2D eigenvalue weighted by atomic mass is 79.9. The van der Waals surface area contributed by atoms with E-state index in [1.165, 1.54) is 10.1 Å². The highest BCUT2D eigenvalue weighted by Crippen LogP contribution is 2.35. The molecule has 2 rings (SSSR count). The molecule has 0 bridgehead atoms. The maximum Gasteiger partial charge on any atom is 0.238 e. The Morgan fingerprint density at radius 1 is 1.12 bits per heavy atom. The van der Waals surface area contributed by atoms with Gasteiger partial charge in [0.1, 0.15) is 5.00 Å². The summed E-state index contributed by atoms with van der Waals surface area (Å²) in [5.74, 6) is 0. The van der Waals surface area contributed by atoms with E-state index in [2.05, 4.69) is 70.6 Å². The van der Waals surface area contributed by atoms with Crippen molar-refractivity contribution in [1.82, 2.24) is 0 Å². The standard InChI is InChI=1S/C18H26BrNO2S2Si/c1-18(2,3)24(21,22)20-17-15(11-16(23-17)25(4,5)6)14-9-7-13(12-19)8-10-14/h7-11,20H,12H2,1-6H3. The van der Waals surface area contributed by atoms with Crippen molar-refractivity contribution in [2.24, 2.45) is 0 Å². The first-order valence-corrected chi connectivity index (χ1v) is 15.1. The molecule has 0 radical (unpaired) electrons. The third kappa shape index (κ3) is 4.75. The Balaban J connectivity index is 2.56. The number of thiophene rings is 1. The first-order valence-electron chi connectivity index (χ1n) is 8.17. The van der Waals surface area contributed by atoms with E-state index in [1.54, 1.807) is 32.1 Å². The lowest BCUT2D eigenvalue weighted by Crippen LogP contribution is -2.35. The molecule has 25 heavy (non-hydrogen) atoms. The monoisotopic (exact) mass is 459 g/mol. The molecule has 0 aliphatic carbocycles. The van der Waals surface area contributed by atoms with Gasteiger partial charge in [0, 0.05) is 10.9 Å². The molecule has 0 aliphatic rings. The number of nitrogens with one attached hydrogen (secondary N) is 1. The van der Waals surface area contributed by atoms with Gasteiger partial charge in [-0.1, -0.05) is 59.8 Å². The minimum atomic E-state index is -3.46. The molecule has 0 saturated carbocycles. The number of hydrogen-bond acceptors (Lipinski definition) is 3. The number of anilines is 1. The average Bonchev–Trinajstić information content (AvgIpc) is 2.89. The topological polar surface area (TPSA) is 46.2 Å². The summed E-state index contributed by atoms with van der Waals surface area (Å²) < 4.78 is 28.6. The first kappa shape index (κ1) is 20.7. The number of alkyl halides is 1. The largest absolute Gasteiger partial charge is 0.273 e. The Morgan fingerprint density at radius 2 is 1.68 bits per heavy atom. The third-order valence-electron chi connectivity index (χ3n) is 3.92. The maximum atomic E-state index is 12.7. The molecular formula is C18H26BrNO2S2Si. The highest BCUT2D eigenvalue weighted by molar-refractivity contribution is 9.08. The summed E-state index contributed by atoms with van der Waals surface area (Å²) in [4.78, 5) is 0. The van der Waals surface area contributed by atoms with Crippen LogP contribution in [0.15, 0.2) is 30.3 Å². The van der Waals surface area contributed by atoms with E-state index < -0.39 is 22.8 Å². The molecule has 0 unspecified atom stereocenters. The van der Waals surface area contributed by atoms with E-state index in [0.29, 0.717) is 0 Å². The van der Waals surface area contributed by atoms with Crippen LogP contribution < -0.4 is 9.22 Å². The second-order valence-corrected chi connectivity index (χ2v) is 17.6. The molecule has 0 amide bonds. The Kier molecular flexibility index (Phi) is 5.93. The van der Waals surface area contributed by atoms with E-state index in [-0.39, 0.29) is 0 Å². The van der Waals surface area contributed by atoms with Crippen LogP contribution in [0.1, 0.15) is 26.3 Å². The molecule has 1 N–H and O–H groups in total. The molecule has 0 aliphatic heterocycles. The van der Waals surface area contributed by atoms with Crippen molar-refractivity contribution < 1.29 is 8.42 Å². The van der Waals surface area contributed by atoms with Crippen molar-refractivity contribution in [2.75, 3.05) is 4.72 Å². The lowest BCUT2D eigenvalue weighted by Gasteiger charge is -2.20. The smallest absolute Gasteiger partial charge is 0.238 e. The van der Waals surface area contributed by atoms with Crippen molar-refractivity contribution >= 4 is 54.9 Å². The van der Waals surface area contributed by atoms with E-state index in [0.717, 1.165) is 21.5 Å². The average molecular weight is 461 g/mol. The normalized spacial score (nSPS) is 13.1. The van der Waals surface area contributed by atoms with Gasteiger partial charge in [-0.15, -0.1) is 11.3 Å². The molecular weight excluding hydrogens is 434 g/mol. The van der Waals surface area contributed by atoms with Gasteiger partial charge in [0.25, 0.3) is 0 Å². The first-order chi connectivity index (χ1) is 11.3. The summed E-state index contributed by atoms with van der Waals surface area (Å²) in [6.45, 7) is 12.0. The molecule has 3 nitrogen and oxygen atoms in total. The van der Waals surface area contributed by atoms with Gasteiger partial charge in [-0.05, 0) is 42.5 Å². The van der Waals surface area contributed by atoms with Crippen LogP contribution in [-0.4, -0.2) is 21.2 Å². The van der Waals surface area contributed by atoms with E-state index in [1.807, 2.05) is 0 Å². The van der Waals surface area contributed by atoms with Gasteiger partial charge >= 0.3 is 0 Å². The molecule has 1 aromatic carbocycles. The van der Waals surface area contributed by atoms with Gasteiger partial charge in [-0.2, -0.15) is 0 Å². The van der Waals surface area contributed by atoms with Crippen LogP contribution >= 0.6 is 27.3 Å². The second kappa shape index (κ2) is 7.17. The zero-order valence-electron chi connectivity index (χ0n) is 15.6. The summed E-state index contributed by atoms with van der Waals surface area (Å²) in [5, 5.41) is 1.53. The molecule has 0 atom stereocenters. The van der Waals surface area contributed by atoms with Crippen LogP contribution in [0.25, 0.3) is 11.1 Å². The van der Waals surface area contributed by atoms with Gasteiger partial charge in [0.2, 0.25) is 10.0 Å². The fourth-order valence-corrected chi connectivity index (χ4v) is 6.42. The van der Waals surface area contributed by atoms with Crippen LogP contribution in [-0.2, 0) is 15.4 Å². The van der Waals surface area contributed by atoms with Crippen molar-refractivity contribution in [2.45, 2.75) is 50.5 Å². The van der Waals surface area contributed by atoms with Gasteiger partial charge in [-0.3, -0.25) is 4.72 Å². The Morgan fingerprint density at radius 3 is 2.12 bits per heavy atom. The van der Waals surface area contributed by atoms with Gasteiger partial charge in [0.05, 0.1) is 12.8 Å². The molecule has 0 saturated heterocycles.